The number of furan rings is 1. The van der Waals surface area contributed by atoms with E-state index in [0.717, 1.165) is 37.2 Å². The van der Waals surface area contributed by atoms with E-state index >= 15 is 0 Å². The van der Waals surface area contributed by atoms with Crippen molar-refractivity contribution < 1.29 is 9.52 Å². The van der Waals surface area contributed by atoms with Crippen LogP contribution < -0.4 is 5.32 Å². The van der Waals surface area contributed by atoms with Crippen molar-refractivity contribution in [1.29, 1.82) is 0 Å². The third kappa shape index (κ3) is 3.37. The molecule has 0 aliphatic carbocycles. The number of aryl methyl sites for hydroxylation is 1. The molecule has 0 aliphatic heterocycles. The smallest absolute Gasteiger partial charge is 0.134 e. The number of fused-ring (bicyclic) bond motifs is 1. The highest BCUT2D eigenvalue weighted by molar-refractivity contribution is 5.82. The van der Waals surface area contributed by atoms with Crippen molar-refractivity contribution in [3.8, 4) is 0 Å². The number of aliphatic hydroxyl groups is 1. The normalized spacial score (nSPS) is 13.0. The van der Waals surface area contributed by atoms with Crippen LogP contribution in [0.15, 0.2) is 28.7 Å². The molecule has 2 N–H and O–H groups in total. The molecule has 0 spiro atoms. The van der Waals surface area contributed by atoms with Crippen LogP contribution >= 0.6 is 0 Å². The van der Waals surface area contributed by atoms with Crippen molar-refractivity contribution in [2.75, 3.05) is 6.54 Å². The van der Waals surface area contributed by atoms with E-state index in [1.807, 2.05) is 18.2 Å². The van der Waals surface area contributed by atoms with Gasteiger partial charge < -0.3 is 14.8 Å². The molecule has 0 saturated heterocycles. The van der Waals surface area contributed by atoms with Crippen LogP contribution in [0.2, 0.25) is 0 Å². The van der Waals surface area contributed by atoms with Crippen LogP contribution in [0.4, 0.5) is 0 Å². The fourth-order valence-corrected chi connectivity index (χ4v) is 2.43. The Morgan fingerprint density at radius 2 is 2.05 bits per heavy atom. The summed E-state index contributed by atoms with van der Waals surface area (Å²) in [5, 5.41) is 14.2. The van der Waals surface area contributed by atoms with Crippen LogP contribution in [0.5, 0.6) is 0 Å². The van der Waals surface area contributed by atoms with E-state index in [0.29, 0.717) is 6.54 Å². The molecule has 2 rings (SSSR count). The van der Waals surface area contributed by atoms with Gasteiger partial charge in [-0.15, -0.1) is 0 Å². The highest BCUT2D eigenvalue weighted by Gasteiger charge is 2.12. The number of nitrogens with one attached hydrogen (secondary N) is 1. The zero-order chi connectivity index (χ0) is 13.7. The molecule has 0 aliphatic rings. The molecule has 104 valence electrons. The van der Waals surface area contributed by atoms with E-state index in [2.05, 4.69) is 25.2 Å². The van der Waals surface area contributed by atoms with Crippen molar-refractivity contribution in [3.63, 3.8) is 0 Å². The number of hydrogen-bond acceptors (Lipinski definition) is 3. The van der Waals surface area contributed by atoms with E-state index in [-0.39, 0.29) is 6.10 Å². The Morgan fingerprint density at radius 3 is 2.79 bits per heavy atom. The molecular weight excluding hydrogens is 238 g/mol. The molecule has 1 unspecified atom stereocenters. The van der Waals surface area contributed by atoms with Gasteiger partial charge in [0.1, 0.15) is 11.3 Å². The minimum absolute atomic E-state index is 0.256. The first-order valence-electron chi connectivity index (χ1n) is 7.14. The molecule has 1 heterocycles. The monoisotopic (exact) mass is 261 g/mol. The predicted molar refractivity (Wildman–Crippen MR) is 78.2 cm³/mol. The first-order valence-corrected chi connectivity index (χ1v) is 7.14. The summed E-state index contributed by atoms with van der Waals surface area (Å²) in [4.78, 5) is 0. The van der Waals surface area contributed by atoms with Gasteiger partial charge in [0.05, 0.1) is 6.10 Å². The number of para-hydroxylation sites is 1. The van der Waals surface area contributed by atoms with Crippen molar-refractivity contribution in [1.82, 2.24) is 5.32 Å². The highest BCUT2D eigenvalue weighted by Crippen LogP contribution is 2.26. The largest absolute Gasteiger partial charge is 0.461 e. The lowest BCUT2D eigenvalue weighted by Crippen LogP contribution is -2.26. The molecule has 19 heavy (non-hydrogen) atoms. The van der Waals surface area contributed by atoms with Gasteiger partial charge in [0.2, 0.25) is 0 Å². The van der Waals surface area contributed by atoms with E-state index in [1.165, 1.54) is 10.9 Å². The molecule has 3 nitrogen and oxygen atoms in total. The van der Waals surface area contributed by atoms with Crippen LogP contribution in [-0.2, 0) is 13.0 Å². The predicted octanol–water partition coefficient (Wildman–Crippen LogP) is 3.25. The first kappa shape index (κ1) is 14.1. The standard InChI is InChI=1S/C16H23NO2/c1-3-7-12(18)10-17-11-14-13-8-5-6-9-16(13)19-15(14)4-2/h5-6,8-9,12,17-18H,3-4,7,10-11H2,1-2H3. The topological polar surface area (TPSA) is 45.4 Å². The summed E-state index contributed by atoms with van der Waals surface area (Å²) in [6.45, 7) is 5.58. The lowest BCUT2D eigenvalue weighted by Gasteiger charge is -2.10. The third-order valence-corrected chi connectivity index (χ3v) is 3.41. The number of benzene rings is 1. The second-order valence-corrected chi connectivity index (χ2v) is 4.93. The van der Waals surface area contributed by atoms with Gasteiger partial charge >= 0.3 is 0 Å². The van der Waals surface area contributed by atoms with Gasteiger partial charge in [0, 0.05) is 30.5 Å². The van der Waals surface area contributed by atoms with Gasteiger partial charge in [0.25, 0.3) is 0 Å². The van der Waals surface area contributed by atoms with Gasteiger partial charge in [-0.05, 0) is 12.5 Å². The Balaban J connectivity index is 2.06. The number of aliphatic hydroxyl groups excluding tert-OH is 1. The zero-order valence-corrected chi connectivity index (χ0v) is 11.8. The molecular formula is C16H23NO2. The molecule has 0 bridgehead atoms. The summed E-state index contributed by atoms with van der Waals surface area (Å²) >= 11 is 0. The maximum absolute atomic E-state index is 9.73. The zero-order valence-electron chi connectivity index (χ0n) is 11.8. The SMILES string of the molecule is CCCC(O)CNCc1c(CC)oc2ccccc12. The first-order chi connectivity index (χ1) is 9.26. The van der Waals surface area contributed by atoms with Crippen LogP contribution in [0.1, 0.15) is 38.0 Å². The maximum atomic E-state index is 9.73. The van der Waals surface area contributed by atoms with E-state index in [1.54, 1.807) is 0 Å². The summed E-state index contributed by atoms with van der Waals surface area (Å²) in [7, 11) is 0. The van der Waals surface area contributed by atoms with Crippen molar-refractivity contribution in [2.45, 2.75) is 45.8 Å². The van der Waals surface area contributed by atoms with Crippen LogP contribution in [0.25, 0.3) is 11.0 Å². The van der Waals surface area contributed by atoms with Gasteiger partial charge in [-0.25, -0.2) is 0 Å². The fraction of sp³-hybridized carbons (Fsp3) is 0.500. The summed E-state index contributed by atoms with van der Waals surface area (Å²) in [6.07, 6.45) is 2.49. The van der Waals surface area contributed by atoms with E-state index in [4.69, 9.17) is 4.42 Å². The van der Waals surface area contributed by atoms with E-state index in [9.17, 15) is 5.11 Å². The molecule has 0 saturated carbocycles. The Kier molecular flexibility index (Phi) is 5.00. The Morgan fingerprint density at radius 1 is 1.26 bits per heavy atom. The van der Waals surface area contributed by atoms with Crippen molar-refractivity contribution >= 4 is 11.0 Å². The van der Waals surface area contributed by atoms with E-state index < -0.39 is 0 Å². The fourth-order valence-electron chi connectivity index (χ4n) is 2.43. The van der Waals surface area contributed by atoms with Gasteiger partial charge in [-0.3, -0.25) is 0 Å². The Labute approximate surface area is 114 Å². The number of hydrogen-bond donors (Lipinski definition) is 2. The Hall–Kier alpha value is -1.32. The quantitative estimate of drug-likeness (QED) is 0.804. The summed E-state index contributed by atoms with van der Waals surface area (Å²) < 4.78 is 5.85. The van der Waals surface area contributed by atoms with Crippen LogP contribution in [0, 0.1) is 0 Å². The average Bonchev–Trinajstić information content (AvgIpc) is 2.77. The molecule has 0 amide bonds. The molecule has 1 aromatic carbocycles. The van der Waals surface area contributed by atoms with Crippen LogP contribution in [0.3, 0.4) is 0 Å². The molecule has 3 heteroatoms. The van der Waals surface area contributed by atoms with Gasteiger partial charge in [-0.2, -0.15) is 0 Å². The van der Waals surface area contributed by atoms with Crippen molar-refractivity contribution in [2.24, 2.45) is 0 Å². The second-order valence-electron chi connectivity index (χ2n) is 4.93. The third-order valence-electron chi connectivity index (χ3n) is 3.41. The van der Waals surface area contributed by atoms with Crippen molar-refractivity contribution in [3.05, 3.63) is 35.6 Å². The highest BCUT2D eigenvalue weighted by atomic mass is 16.3. The molecule has 0 radical (unpaired) electrons. The molecule has 1 aromatic heterocycles. The number of rotatable bonds is 7. The molecule has 1 atom stereocenters. The van der Waals surface area contributed by atoms with Gasteiger partial charge in [0.15, 0.2) is 0 Å². The molecule has 2 aromatic rings. The van der Waals surface area contributed by atoms with Gasteiger partial charge in [-0.1, -0.05) is 38.5 Å². The molecule has 0 fully saturated rings. The maximum Gasteiger partial charge on any atom is 0.134 e. The summed E-state index contributed by atoms with van der Waals surface area (Å²) in [6, 6.07) is 8.13. The Bertz CT molecular complexity index is 518. The van der Waals surface area contributed by atoms with Crippen LogP contribution in [-0.4, -0.2) is 17.8 Å². The minimum Gasteiger partial charge on any atom is -0.461 e. The summed E-state index contributed by atoms with van der Waals surface area (Å²) in [5.74, 6) is 1.04. The summed E-state index contributed by atoms with van der Waals surface area (Å²) in [5.41, 5.74) is 2.17. The second kappa shape index (κ2) is 6.73. The lowest BCUT2D eigenvalue weighted by molar-refractivity contribution is 0.160. The minimum atomic E-state index is -0.256. The average molecular weight is 261 g/mol. The lowest BCUT2D eigenvalue weighted by atomic mass is 10.1.